The van der Waals surface area contributed by atoms with Crippen LogP contribution in [0, 0.1) is 13.8 Å². The Morgan fingerprint density at radius 1 is 1.35 bits per heavy atom. The first-order valence-corrected chi connectivity index (χ1v) is 9.24. The van der Waals surface area contributed by atoms with Gasteiger partial charge < -0.3 is 9.84 Å². The normalized spacial score (nSPS) is 10.9. The standard InChI is InChI=1S/C19H20BrClN2O3/c1-12-10-16(18(20)13(2)19(12)21)26-9-3-4-17(25)23-22-11-14-5-7-15(24)8-6-14/h5-8,10-11,24H,3-4,9H2,1-2H3,(H,23,25)/b22-11+. The number of amides is 1. The van der Waals surface area contributed by atoms with Gasteiger partial charge in [0.05, 0.1) is 17.3 Å². The van der Waals surface area contributed by atoms with E-state index >= 15 is 0 Å². The molecular formula is C19H20BrClN2O3. The number of aryl methyl sites for hydroxylation is 1. The number of hydrazone groups is 1. The molecule has 5 nitrogen and oxygen atoms in total. The van der Waals surface area contributed by atoms with Gasteiger partial charge in [-0.05, 0) is 83.2 Å². The largest absolute Gasteiger partial charge is 0.508 e. The SMILES string of the molecule is Cc1cc(OCCCC(=O)N/N=C/c2ccc(O)cc2)c(Br)c(C)c1Cl. The van der Waals surface area contributed by atoms with Crippen molar-refractivity contribution in [2.75, 3.05) is 6.61 Å². The Morgan fingerprint density at radius 3 is 2.73 bits per heavy atom. The van der Waals surface area contributed by atoms with E-state index in [1.54, 1.807) is 24.3 Å². The van der Waals surface area contributed by atoms with E-state index in [-0.39, 0.29) is 11.7 Å². The maximum absolute atomic E-state index is 11.8. The Kier molecular flexibility index (Phi) is 7.48. The number of benzene rings is 2. The van der Waals surface area contributed by atoms with Crippen LogP contribution in [0.3, 0.4) is 0 Å². The highest BCUT2D eigenvalue weighted by molar-refractivity contribution is 9.10. The molecule has 0 atom stereocenters. The molecule has 1 amide bonds. The van der Waals surface area contributed by atoms with Crippen LogP contribution in [0.4, 0.5) is 0 Å². The summed E-state index contributed by atoms with van der Waals surface area (Å²) in [5, 5.41) is 13.8. The maximum atomic E-state index is 11.8. The second-order valence-corrected chi connectivity index (χ2v) is 6.95. The van der Waals surface area contributed by atoms with Crippen LogP contribution in [0.25, 0.3) is 0 Å². The van der Waals surface area contributed by atoms with E-state index in [9.17, 15) is 9.90 Å². The number of carbonyl (C=O) groups excluding carboxylic acids is 1. The van der Waals surface area contributed by atoms with Gasteiger partial charge in [0.1, 0.15) is 11.5 Å². The highest BCUT2D eigenvalue weighted by Crippen LogP contribution is 2.35. The summed E-state index contributed by atoms with van der Waals surface area (Å²) in [4.78, 5) is 11.8. The summed E-state index contributed by atoms with van der Waals surface area (Å²) in [7, 11) is 0. The van der Waals surface area contributed by atoms with Gasteiger partial charge in [0.2, 0.25) is 5.91 Å². The second-order valence-electron chi connectivity index (χ2n) is 5.78. The fraction of sp³-hybridized carbons (Fsp3) is 0.263. The lowest BCUT2D eigenvalue weighted by atomic mass is 10.1. The Hall–Kier alpha value is -2.05. The van der Waals surface area contributed by atoms with E-state index in [1.807, 2.05) is 19.9 Å². The maximum Gasteiger partial charge on any atom is 0.240 e. The molecule has 0 unspecified atom stereocenters. The van der Waals surface area contributed by atoms with Gasteiger partial charge in [-0.15, -0.1) is 0 Å². The topological polar surface area (TPSA) is 70.9 Å². The van der Waals surface area contributed by atoms with Gasteiger partial charge in [-0.25, -0.2) is 5.43 Å². The molecule has 0 aliphatic heterocycles. The minimum atomic E-state index is -0.189. The van der Waals surface area contributed by atoms with Crippen molar-refractivity contribution < 1.29 is 14.6 Å². The number of rotatable bonds is 7. The number of phenolic OH excluding ortho intramolecular Hbond substituents is 1. The van der Waals surface area contributed by atoms with Crippen LogP contribution in [0.5, 0.6) is 11.5 Å². The summed E-state index contributed by atoms with van der Waals surface area (Å²) in [6.07, 6.45) is 2.38. The summed E-state index contributed by atoms with van der Waals surface area (Å²) in [5.41, 5.74) is 5.13. The van der Waals surface area contributed by atoms with E-state index in [0.29, 0.717) is 19.4 Å². The number of carbonyl (C=O) groups is 1. The van der Waals surface area contributed by atoms with Crippen molar-refractivity contribution in [3.63, 3.8) is 0 Å². The van der Waals surface area contributed by atoms with Crippen molar-refractivity contribution in [3.8, 4) is 11.5 Å². The number of ether oxygens (including phenoxy) is 1. The third kappa shape index (κ3) is 5.75. The summed E-state index contributed by atoms with van der Waals surface area (Å²) in [6.45, 7) is 4.26. The molecule has 0 aliphatic carbocycles. The van der Waals surface area contributed by atoms with Crippen molar-refractivity contribution in [3.05, 3.63) is 56.5 Å². The molecule has 0 radical (unpaired) electrons. The molecule has 0 saturated heterocycles. The molecule has 2 rings (SSSR count). The molecule has 0 saturated carbocycles. The third-order valence-corrected chi connectivity index (χ3v) is 5.24. The number of halogens is 2. The summed E-state index contributed by atoms with van der Waals surface area (Å²) in [6, 6.07) is 8.39. The zero-order chi connectivity index (χ0) is 19.1. The minimum Gasteiger partial charge on any atom is -0.508 e. The zero-order valence-corrected chi connectivity index (χ0v) is 16.9. The molecule has 0 spiro atoms. The molecule has 0 fully saturated rings. The fourth-order valence-corrected chi connectivity index (χ4v) is 2.91. The smallest absolute Gasteiger partial charge is 0.240 e. The quantitative estimate of drug-likeness (QED) is 0.372. The zero-order valence-electron chi connectivity index (χ0n) is 14.6. The summed E-state index contributed by atoms with van der Waals surface area (Å²) >= 11 is 9.68. The van der Waals surface area contributed by atoms with Gasteiger partial charge in [0.15, 0.2) is 0 Å². The van der Waals surface area contributed by atoms with E-state index in [0.717, 1.165) is 31.9 Å². The highest BCUT2D eigenvalue weighted by atomic mass is 79.9. The monoisotopic (exact) mass is 438 g/mol. The van der Waals surface area contributed by atoms with Crippen LogP contribution in [0.1, 0.15) is 29.5 Å². The van der Waals surface area contributed by atoms with Crippen LogP contribution >= 0.6 is 27.5 Å². The van der Waals surface area contributed by atoms with Crippen LogP contribution in [0.2, 0.25) is 5.02 Å². The van der Waals surface area contributed by atoms with Crippen LogP contribution in [-0.2, 0) is 4.79 Å². The predicted octanol–water partition coefficient (Wildman–Crippen LogP) is 4.73. The average Bonchev–Trinajstić information content (AvgIpc) is 2.62. The first kappa shape index (κ1) is 20.3. The Labute approximate surface area is 166 Å². The molecular weight excluding hydrogens is 420 g/mol. The lowest BCUT2D eigenvalue weighted by molar-refractivity contribution is -0.121. The van der Waals surface area contributed by atoms with E-state index in [2.05, 4.69) is 26.5 Å². The molecule has 2 aromatic rings. The van der Waals surface area contributed by atoms with Gasteiger partial charge >= 0.3 is 0 Å². The highest BCUT2D eigenvalue weighted by Gasteiger charge is 2.11. The average molecular weight is 440 g/mol. The summed E-state index contributed by atoms with van der Waals surface area (Å²) < 4.78 is 6.57. The Balaban J connectivity index is 1.74. The Bertz CT molecular complexity index is 807. The molecule has 26 heavy (non-hydrogen) atoms. The first-order valence-electron chi connectivity index (χ1n) is 8.07. The predicted molar refractivity (Wildman–Crippen MR) is 107 cm³/mol. The lowest BCUT2D eigenvalue weighted by Crippen LogP contribution is -2.18. The van der Waals surface area contributed by atoms with Gasteiger partial charge in [0.25, 0.3) is 0 Å². The first-order chi connectivity index (χ1) is 12.4. The molecule has 0 aliphatic rings. The molecule has 2 N–H and O–H groups in total. The molecule has 2 aromatic carbocycles. The molecule has 0 heterocycles. The molecule has 0 aromatic heterocycles. The minimum absolute atomic E-state index is 0.184. The number of nitrogens with one attached hydrogen (secondary N) is 1. The van der Waals surface area contributed by atoms with E-state index < -0.39 is 0 Å². The van der Waals surface area contributed by atoms with Gasteiger partial charge in [-0.1, -0.05) is 11.6 Å². The molecule has 0 bridgehead atoms. The molecule has 7 heteroatoms. The fourth-order valence-electron chi connectivity index (χ4n) is 2.22. The van der Waals surface area contributed by atoms with Crippen LogP contribution in [-0.4, -0.2) is 23.8 Å². The number of phenols is 1. The van der Waals surface area contributed by atoms with Crippen LogP contribution in [0.15, 0.2) is 39.9 Å². The Morgan fingerprint density at radius 2 is 2.04 bits per heavy atom. The number of aromatic hydroxyl groups is 1. The van der Waals surface area contributed by atoms with Gasteiger partial charge in [-0.2, -0.15) is 5.10 Å². The number of hydrogen-bond donors (Lipinski definition) is 2. The third-order valence-electron chi connectivity index (χ3n) is 3.67. The van der Waals surface area contributed by atoms with E-state index in [4.69, 9.17) is 16.3 Å². The summed E-state index contributed by atoms with van der Waals surface area (Å²) in [5.74, 6) is 0.713. The van der Waals surface area contributed by atoms with E-state index in [1.165, 1.54) is 6.21 Å². The lowest BCUT2D eigenvalue weighted by Gasteiger charge is -2.13. The number of nitrogens with zero attached hydrogens (tertiary/aromatic N) is 1. The van der Waals surface area contributed by atoms with Gasteiger partial charge in [0, 0.05) is 11.4 Å². The van der Waals surface area contributed by atoms with Crippen molar-refractivity contribution >= 4 is 39.7 Å². The number of hydrogen-bond acceptors (Lipinski definition) is 4. The van der Waals surface area contributed by atoms with Crippen molar-refractivity contribution in [2.24, 2.45) is 5.10 Å². The van der Waals surface area contributed by atoms with Gasteiger partial charge in [-0.3, -0.25) is 4.79 Å². The molecule has 138 valence electrons. The second kappa shape index (κ2) is 9.59. The van der Waals surface area contributed by atoms with Crippen molar-refractivity contribution in [2.45, 2.75) is 26.7 Å². The van der Waals surface area contributed by atoms with Crippen molar-refractivity contribution in [1.29, 1.82) is 0 Å². The van der Waals surface area contributed by atoms with Crippen LogP contribution < -0.4 is 10.2 Å². The van der Waals surface area contributed by atoms with Crippen molar-refractivity contribution in [1.82, 2.24) is 5.43 Å².